The van der Waals surface area contributed by atoms with Crippen LogP contribution in [0.1, 0.15) is 22.7 Å². The molecule has 5 heteroatoms. The molecular formula is C11H16N4O. The molecule has 2 aromatic rings. The first-order chi connectivity index (χ1) is 7.77. The third-order valence-electron chi connectivity index (χ3n) is 2.61. The van der Waals surface area contributed by atoms with E-state index in [2.05, 4.69) is 20.4 Å². The molecule has 0 aliphatic rings. The predicted molar refractivity (Wildman–Crippen MR) is 60.0 cm³/mol. The highest BCUT2D eigenvalue weighted by molar-refractivity contribution is 5.20. The van der Waals surface area contributed by atoms with E-state index in [0.29, 0.717) is 0 Å². The minimum absolute atomic E-state index is 0.801. The molecule has 0 saturated carbocycles. The Balaban J connectivity index is 1.76. The highest BCUT2D eigenvalue weighted by Gasteiger charge is 2.07. The molecule has 0 atom stereocenters. The maximum atomic E-state index is 5.09. The Morgan fingerprint density at radius 1 is 1.44 bits per heavy atom. The van der Waals surface area contributed by atoms with Gasteiger partial charge in [0.05, 0.1) is 12.0 Å². The Labute approximate surface area is 94.3 Å². The summed E-state index contributed by atoms with van der Waals surface area (Å²) < 4.78 is 5.09. The van der Waals surface area contributed by atoms with E-state index in [1.807, 2.05) is 20.0 Å². The minimum atomic E-state index is 0.801. The van der Waals surface area contributed by atoms with E-state index < -0.39 is 0 Å². The number of nitrogens with one attached hydrogen (secondary N) is 2. The van der Waals surface area contributed by atoms with Gasteiger partial charge in [0.1, 0.15) is 5.76 Å². The van der Waals surface area contributed by atoms with Crippen molar-refractivity contribution in [2.45, 2.75) is 26.8 Å². The summed E-state index contributed by atoms with van der Waals surface area (Å²) in [5.41, 5.74) is 3.27. The molecule has 2 aromatic heterocycles. The van der Waals surface area contributed by atoms with Crippen LogP contribution in [-0.2, 0) is 13.0 Å². The van der Waals surface area contributed by atoms with E-state index in [1.54, 1.807) is 6.33 Å². The summed E-state index contributed by atoms with van der Waals surface area (Å²) >= 11 is 0. The number of H-pyrrole nitrogens is 1. The van der Waals surface area contributed by atoms with Gasteiger partial charge in [0, 0.05) is 37.0 Å². The molecule has 0 spiro atoms. The fraction of sp³-hybridized carbons (Fsp3) is 0.455. The van der Waals surface area contributed by atoms with Crippen molar-refractivity contribution in [3.8, 4) is 0 Å². The first-order valence-electron chi connectivity index (χ1n) is 5.37. The SMILES string of the molecule is Cc1noc(C)c1CNCCc1cnc[nH]1. The van der Waals surface area contributed by atoms with Crippen molar-refractivity contribution in [2.75, 3.05) is 6.54 Å². The van der Waals surface area contributed by atoms with Gasteiger partial charge < -0.3 is 14.8 Å². The molecule has 0 amide bonds. The molecule has 2 rings (SSSR count). The molecule has 2 heterocycles. The van der Waals surface area contributed by atoms with Crippen LogP contribution in [0.15, 0.2) is 17.0 Å². The lowest BCUT2D eigenvalue weighted by Crippen LogP contribution is -2.17. The summed E-state index contributed by atoms with van der Waals surface area (Å²) in [6.07, 6.45) is 4.49. The maximum absolute atomic E-state index is 5.09. The van der Waals surface area contributed by atoms with Gasteiger partial charge in [-0.05, 0) is 13.8 Å². The number of aromatic nitrogens is 3. The second kappa shape index (κ2) is 4.94. The Bertz CT molecular complexity index is 413. The Morgan fingerprint density at radius 3 is 2.94 bits per heavy atom. The Kier molecular flexibility index (Phi) is 3.36. The second-order valence-corrected chi connectivity index (χ2v) is 3.81. The highest BCUT2D eigenvalue weighted by atomic mass is 16.5. The van der Waals surface area contributed by atoms with Gasteiger partial charge >= 0.3 is 0 Å². The second-order valence-electron chi connectivity index (χ2n) is 3.81. The van der Waals surface area contributed by atoms with Gasteiger partial charge in [-0.15, -0.1) is 0 Å². The molecule has 0 fully saturated rings. The van der Waals surface area contributed by atoms with Gasteiger partial charge in [-0.2, -0.15) is 0 Å². The van der Waals surface area contributed by atoms with Gasteiger partial charge in [0.25, 0.3) is 0 Å². The van der Waals surface area contributed by atoms with Gasteiger partial charge in [0.15, 0.2) is 0 Å². The first kappa shape index (κ1) is 10.9. The topological polar surface area (TPSA) is 66.7 Å². The summed E-state index contributed by atoms with van der Waals surface area (Å²) in [4.78, 5) is 7.04. The van der Waals surface area contributed by atoms with Gasteiger partial charge in [-0.1, -0.05) is 5.16 Å². The van der Waals surface area contributed by atoms with Crippen molar-refractivity contribution in [3.63, 3.8) is 0 Å². The normalized spacial score (nSPS) is 10.9. The summed E-state index contributed by atoms with van der Waals surface area (Å²) in [7, 11) is 0. The zero-order valence-electron chi connectivity index (χ0n) is 9.58. The molecule has 5 nitrogen and oxygen atoms in total. The average molecular weight is 220 g/mol. The van der Waals surface area contributed by atoms with Crippen molar-refractivity contribution < 1.29 is 4.52 Å². The van der Waals surface area contributed by atoms with Crippen LogP contribution >= 0.6 is 0 Å². The van der Waals surface area contributed by atoms with Crippen molar-refractivity contribution in [3.05, 3.63) is 35.2 Å². The van der Waals surface area contributed by atoms with E-state index >= 15 is 0 Å². The Hall–Kier alpha value is -1.62. The quantitative estimate of drug-likeness (QED) is 0.746. The lowest BCUT2D eigenvalue weighted by atomic mass is 10.2. The van der Waals surface area contributed by atoms with Crippen LogP contribution in [-0.4, -0.2) is 21.7 Å². The number of hydrogen-bond donors (Lipinski definition) is 2. The number of imidazole rings is 1. The summed E-state index contributed by atoms with van der Waals surface area (Å²) in [5, 5.41) is 7.27. The molecule has 2 N–H and O–H groups in total. The van der Waals surface area contributed by atoms with Crippen LogP contribution in [0.3, 0.4) is 0 Å². The van der Waals surface area contributed by atoms with E-state index in [1.165, 1.54) is 0 Å². The van der Waals surface area contributed by atoms with E-state index in [4.69, 9.17) is 4.52 Å². The molecule has 0 aliphatic carbocycles. The van der Waals surface area contributed by atoms with Crippen molar-refractivity contribution in [1.82, 2.24) is 20.4 Å². The third-order valence-corrected chi connectivity index (χ3v) is 2.61. The summed E-state index contributed by atoms with van der Waals surface area (Å²) in [6.45, 7) is 5.61. The lowest BCUT2D eigenvalue weighted by Gasteiger charge is -2.02. The molecule has 0 saturated heterocycles. The van der Waals surface area contributed by atoms with Crippen molar-refractivity contribution in [2.24, 2.45) is 0 Å². The first-order valence-corrected chi connectivity index (χ1v) is 5.37. The van der Waals surface area contributed by atoms with E-state index in [9.17, 15) is 0 Å². The molecule has 16 heavy (non-hydrogen) atoms. The zero-order chi connectivity index (χ0) is 11.4. The van der Waals surface area contributed by atoms with Crippen LogP contribution in [0, 0.1) is 13.8 Å². The maximum Gasteiger partial charge on any atom is 0.138 e. The number of hydrogen-bond acceptors (Lipinski definition) is 4. The number of aryl methyl sites for hydroxylation is 2. The predicted octanol–water partition coefficient (Wildman–Crippen LogP) is 1.35. The fourth-order valence-corrected chi connectivity index (χ4v) is 1.61. The zero-order valence-corrected chi connectivity index (χ0v) is 9.58. The standard InChI is InChI=1S/C11H16N4O/c1-8-11(9(2)16-15-8)6-12-4-3-10-5-13-7-14-10/h5,7,12H,3-4,6H2,1-2H3,(H,13,14). The minimum Gasteiger partial charge on any atom is -0.361 e. The van der Waals surface area contributed by atoms with Gasteiger partial charge in [-0.25, -0.2) is 4.98 Å². The van der Waals surface area contributed by atoms with Crippen LogP contribution in [0.4, 0.5) is 0 Å². The van der Waals surface area contributed by atoms with Crippen LogP contribution in [0.5, 0.6) is 0 Å². The summed E-state index contributed by atoms with van der Waals surface area (Å²) in [6, 6.07) is 0. The molecule has 0 aromatic carbocycles. The molecule has 0 bridgehead atoms. The monoisotopic (exact) mass is 220 g/mol. The molecule has 0 unspecified atom stereocenters. The number of aromatic amines is 1. The number of nitrogens with zero attached hydrogens (tertiary/aromatic N) is 2. The Morgan fingerprint density at radius 2 is 2.31 bits per heavy atom. The largest absolute Gasteiger partial charge is 0.361 e. The average Bonchev–Trinajstić information content (AvgIpc) is 2.87. The molecule has 86 valence electrons. The molecule has 0 aliphatic heterocycles. The van der Waals surface area contributed by atoms with Gasteiger partial charge in [-0.3, -0.25) is 0 Å². The summed E-state index contributed by atoms with van der Waals surface area (Å²) in [5.74, 6) is 0.895. The third kappa shape index (κ3) is 2.49. The van der Waals surface area contributed by atoms with E-state index in [0.717, 1.165) is 42.2 Å². The van der Waals surface area contributed by atoms with E-state index in [-0.39, 0.29) is 0 Å². The highest BCUT2D eigenvalue weighted by Crippen LogP contribution is 2.11. The van der Waals surface area contributed by atoms with Gasteiger partial charge in [0.2, 0.25) is 0 Å². The fourth-order valence-electron chi connectivity index (χ4n) is 1.61. The van der Waals surface area contributed by atoms with Crippen molar-refractivity contribution >= 4 is 0 Å². The molecule has 0 radical (unpaired) electrons. The smallest absolute Gasteiger partial charge is 0.138 e. The molecular weight excluding hydrogens is 204 g/mol. The number of rotatable bonds is 5. The lowest BCUT2D eigenvalue weighted by molar-refractivity contribution is 0.392. The van der Waals surface area contributed by atoms with Crippen LogP contribution in [0.25, 0.3) is 0 Å². The van der Waals surface area contributed by atoms with Crippen LogP contribution < -0.4 is 5.32 Å². The van der Waals surface area contributed by atoms with Crippen molar-refractivity contribution in [1.29, 1.82) is 0 Å². The van der Waals surface area contributed by atoms with Crippen LogP contribution in [0.2, 0.25) is 0 Å².